The van der Waals surface area contributed by atoms with Crippen molar-refractivity contribution in [3.05, 3.63) is 39.9 Å². The summed E-state index contributed by atoms with van der Waals surface area (Å²) in [6.45, 7) is 5.08. The van der Waals surface area contributed by atoms with Crippen LogP contribution in [0.3, 0.4) is 0 Å². The SMILES string of the molecule is Cc1csc(NS(=O)(=O)c2cc(C(=O)O)cc(C)c2C)n1. The zero-order chi connectivity index (χ0) is 15.8. The van der Waals surface area contributed by atoms with E-state index in [9.17, 15) is 13.2 Å². The molecule has 0 saturated heterocycles. The minimum Gasteiger partial charge on any atom is -0.478 e. The van der Waals surface area contributed by atoms with Crippen molar-refractivity contribution in [1.82, 2.24) is 4.98 Å². The minimum absolute atomic E-state index is 0.0484. The molecule has 0 unspecified atom stereocenters. The standard InChI is InChI=1S/C13H14N2O4S2/c1-7-4-10(12(16)17)5-11(9(7)3)21(18,19)15-13-14-8(2)6-20-13/h4-6H,1-3H3,(H,14,15)(H,16,17). The number of aromatic nitrogens is 1. The molecule has 2 rings (SSSR count). The highest BCUT2D eigenvalue weighted by atomic mass is 32.2. The van der Waals surface area contributed by atoms with E-state index in [1.165, 1.54) is 17.4 Å². The highest BCUT2D eigenvalue weighted by molar-refractivity contribution is 7.93. The summed E-state index contributed by atoms with van der Waals surface area (Å²) in [7, 11) is -3.87. The van der Waals surface area contributed by atoms with Crippen molar-refractivity contribution in [2.75, 3.05) is 4.72 Å². The molecule has 112 valence electrons. The van der Waals surface area contributed by atoms with E-state index >= 15 is 0 Å². The highest BCUT2D eigenvalue weighted by Gasteiger charge is 2.21. The summed E-state index contributed by atoms with van der Waals surface area (Å²) >= 11 is 1.17. The molecule has 6 nitrogen and oxygen atoms in total. The van der Waals surface area contributed by atoms with Crippen molar-refractivity contribution in [3.63, 3.8) is 0 Å². The largest absolute Gasteiger partial charge is 0.478 e. The van der Waals surface area contributed by atoms with Gasteiger partial charge in [-0.25, -0.2) is 18.2 Å². The van der Waals surface area contributed by atoms with E-state index in [-0.39, 0.29) is 15.6 Å². The number of thiazole rings is 1. The topological polar surface area (TPSA) is 96.4 Å². The number of anilines is 1. The number of carbonyl (C=O) groups is 1. The highest BCUT2D eigenvalue weighted by Crippen LogP contribution is 2.25. The van der Waals surface area contributed by atoms with Crippen LogP contribution >= 0.6 is 11.3 Å². The number of aryl methyl sites for hydroxylation is 2. The van der Waals surface area contributed by atoms with Crippen molar-refractivity contribution in [1.29, 1.82) is 0 Å². The van der Waals surface area contributed by atoms with E-state index in [2.05, 4.69) is 9.71 Å². The molecule has 0 bridgehead atoms. The van der Waals surface area contributed by atoms with Gasteiger partial charge in [0.1, 0.15) is 0 Å². The number of hydrogen-bond donors (Lipinski definition) is 2. The summed E-state index contributed by atoms with van der Waals surface area (Å²) in [5.74, 6) is -1.17. The van der Waals surface area contributed by atoms with Crippen LogP contribution in [0.15, 0.2) is 22.4 Å². The molecule has 21 heavy (non-hydrogen) atoms. The number of nitrogens with zero attached hydrogens (tertiary/aromatic N) is 1. The number of rotatable bonds is 4. The quantitative estimate of drug-likeness (QED) is 0.900. The third-order valence-electron chi connectivity index (χ3n) is 3.00. The molecule has 1 aromatic heterocycles. The fraction of sp³-hybridized carbons (Fsp3) is 0.231. The average Bonchev–Trinajstić information content (AvgIpc) is 2.76. The number of carboxylic acid groups (broad SMARTS) is 1. The Labute approximate surface area is 126 Å². The summed E-state index contributed by atoms with van der Waals surface area (Å²) in [5, 5.41) is 11.0. The van der Waals surface area contributed by atoms with Gasteiger partial charge in [0.2, 0.25) is 0 Å². The van der Waals surface area contributed by atoms with Gasteiger partial charge in [-0.1, -0.05) is 0 Å². The van der Waals surface area contributed by atoms with Crippen molar-refractivity contribution >= 4 is 32.5 Å². The first-order valence-electron chi connectivity index (χ1n) is 6.00. The summed E-state index contributed by atoms with van der Waals surface area (Å²) in [6, 6.07) is 2.61. The molecule has 2 N–H and O–H groups in total. The Kier molecular flexibility index (Phi) is 4.02. The van der Waals surface area contributed by atoms with Crippen LogP contribution in [0.2, 0.25) is 0 Å². The molecule has 1 heterocycles. The van der Waals surface area contributed by atoms with Crippen molar-refractivity contribution in [3.8, 4) is 0 Å². The monoisotopic (exact) mass is 326 g/mol. The van der Waals surface area contributed by atoms with Gasteiger partial charge in [0, 0.05) is 5.38 Å². The molecule has 0 fully saturated rings. The first-order chi connectivity index (χ1) is 9.70. The second kappa shape index (κ2) is 5.45. The van der Waals surface area contributed by atoms with Crippen LogP contribution in [-0.4, -0.2) is 24.5 Å². The van der Waals surface area contributed by atoms with Gasteiger partial charge in [0.15, 0.2) is 5.13 Å². The molecular formula is C13H14N2O4S2. The number of sulfonamides is 1. The van der Waals surface area contributed by atoms with Gasteiger partial charge in [0.25, 0.3) is 10.0 Å². The Balaban J connectivity index is 2.51. The van der Waals surface area contributed by atoms with E-state index < -0.39 is 16.0 Å². The van der Waals surface area contributed by atoms with Gasteiger partial charge >= 0.3 is 5.97 Å². The molecule has 2 aromatic rings. The van der Waals surface area contributed by atoms with Crippen LogP contribution in [0.4, 0.5) is 5.13 Å². The summed E-state index contributed by atoms with van der Waals surface area (Å²) in [6.07, 6.45) is 0. The van der Waals surface area contributed by atoms with Crippen LogP contribution in [0.1, 0.15) is 27.2 Å². The maximum Gasteiger partial charge on any atom is 0.335 e. The molecule has 0 atom stereocenters. The number of benzene rings is 1. The van der Waals surface area contributed by atoms with E-state index in [1.807, 2.05) is 0 Å². The number of hydrogen-bond acceptors (Lipinski definition) is 5. The van der Waals surface area contributed by atoms with Crippen LogP contribution in [0.5, 0.6) is 0 Å². The normalized spacial score (nSPS) is 11.4. The Bertz CT molecular complexity index is 810. The third kappa shape index (κ3) is 3.22. The lowest BCUT2D eigenvalue weighted by Gasteiger charge is -2.11. The molecule has 1 aromatic carbocycles. The summed E-state index contributed by atoms with van der Waals surface area (Å²) in [5.41, 5.74) is 1.77. The zero-order valence-electron chi connectivity index (χ0n) is 11.7. The number of carboxylic acids is 1. The molecule has 0 amide bonds. The Hall–Kier alpha value is -1.93. The average molecular weight is 326 g/mol. The Morgan fingerprint density at radius 2 is 1.95 bits per heavy atom. The van der Waals surface area contributed by atoms with Crippen LogP contribution in [0, 0.1) is 20.8 Å². The first-order valence-corrected chi connectivity index (χ1v) is 8.36. The van der Waals surface area contributed by atoms with Gasteiger partial charge in [-0.2, -0.15) is 0 Å². The Morgan fingerprint density at radius 1 is 1.29 bits per heavy atom. The second-order valence-electron chi connectivity index (χ2n) is 4.62. The molecule has 0 aliphatic carbocycles. The molecule has 0 aliphatic heterocycles. The zero-order valence-corrected chi connectivity index (χ0v) is 13.3. The van der Waals surface area contributed by atoms with Gasteiger partial charge in [-0.3, -0.25) is 4.72 Å². The fourth-order valence-corrected chi connectivity index (χ4v) is 4.09. The molecule has 8 heteroatoms. The number of nitrogens with one attached hydrogen (secondary N) is 1. The predicted octanol–water partition coefficient (Wildman–Crippen LogP) is 2.57. The molecule has 0 spiro atoms. The summed E-state index contributed by atoms with van der Waals surface area (Å²) in [4.78, 5) is 15.1. The van der Waals surface area contributed by atoms with E-state index in [1.54, 1.807) is 26.2 Å². The fourth-order valence-electron chi connectivity index (χ4n) is 1.80. The van der Waals surface area contributed by atoms with Crippen molar-refractivity contribution < 1.29 is 18.3 Å². The number of aromatic carboxylic acids is 1. The Morgan fingerprint density at radius 3 is 2.48 bits per heavy atom. The van der Waals surface area contributed by atoms with Gasteiger partial charge in [-0.05, 0) is 44.0 Å². The van der Waals surface area contributed by atoms with Crippen LogP contribution < -0.4 is 4.72 Å². The maximum absolute atomic E-state index is 12.4. The molecule has 0 radical (unpaired) electrons. The summed E-state index contributed by atoms with van der Waals surface area (Å²) < 4.78 is 27.2. The smallest absolute Gasteiger partial charge is 0.335 e. The molecule has 0 saturated carbocycles. The first kappa shape index (κ1) is 15.5. The third-order valence-corrected chi connectivity index (χ3v) is 5.47. The molecule has 0 aliphatic rings. The van der Waals surface area contributed by atoms with Gasteiger partial charge in [0.05, 0.1) is 16.2 Å². The van der Waals surface area contributed by atoms with Crippen LogP contribution in [-0.2, 0) is 10.0 Å². The maximum atomic E-state index is 12.4. The van der Waals surface area contributed by atoms with Crippen LogP contribution in [0.25, 0.3) is 0 Å². The predicted molar refractivity (Wildman–Crippen MR) is 80.5 cm³/mol. The van der Waals surface area contributed by atoms with E-state index in [0.29, 0.717) is 16.8 Å². The second-order valence-corrected chi connectivity index (χ2v) is 7.13. The van der Waals surface area contributed by atoms with Crippen molar-refractivity contribution in [2.24, 2.45) is 0 Å². The lowest BCUT2D eigenvalue weighted by molar-refractivity contribution is 0.0696. The lowest BCUT2D eigenvalue weighted by Crippen LogP contribution is -2.16. The van der Waals surface area contributed by atoms with Crippen molar-refractivity contribution in [2.45, 2.75) is 25.7 Å². The van der Waals surface area contributed by atoms with E-state index in [4.69, 9.17) is 5.11 Å². The van der Waals surface area contributed by atoms with Gasteiger partial charge in [-0.15, -0.1) is 11.3 Å². The minimum atomic E-state index is -3.87. The lowest BCUT2D eigenvalue weighted by atomic mass is 10.1. The molecular weight excluding hydrogens is 312 g/mol. The van der Waals surface area contributed by atoms with Gasteiger partial charge < -0.3 is 5.11 Å². The van der Waals surface area contributed by atoms with E-state index in [0.717, 1.165) is 6.07 Å².